The summed E-state index contributed by atoms with van der Waals surface area (Å²) in [6.07, 6.45) is 3.15. The van der Waals surface area contributed by atoms with E-state index in [2.05, 4.69) is 61.5 Å². The first-order valence-corrected chi connectivity index (χ1v) is 9.62. The summed E-state index contributed by atoms with van der Waals surface area (Å²) in [5, 5.41) is 0. The predicted octanol–water partition coefficient (Wildman–Crippen LogP) is 5.55. The summed E-state index contributed by atoms with van der Waals surface area (Å²) in [7, 11) is 0. The molecule has 1 heterocycles. The van der Waals surface area contributed by atoms with Crippen LogP contribution in [0.5, 0.6) is 5.75 Å². The average Bonchev–Trinajstić information content (AvgIpc) is 2.68. The maximum absolute atomic E-state index is 13.0. The van der Waals surface area contributed by atoms with Crippen LogP contribution >= 0.6 is 0 Å². The van der Waals surface area contributed by atoms with Gasteiger partial charge in [0.1, 0.15) is 11.4 Å². The number of aryl methyl sites for hydroxylation is 2. The Morgan fingerprint density at radius 3 is 2.52 bits per heavy atom. The summed E-state index contributed by atoms with van der Waals surface area (Å²) < 4.78 is 6.48. The molecule has 0 bridgehead atoms. The van der Waals surface area contributed by atoms with Crippen LogP contribution in [0.1, 0.15) is 39.9 Å². The molecular weight excluding hydrogens is 332 g/mol. The number of hydrogen-bond acceptors (Lipinski definition) is 2. The summed E-state index contributed by atoms with van der Waals surface area (Å²) in [6, 6.07) is 22.9. The van der Waals surface area contributed by atoms with Gasteiger partial charge >= 0.3 is 0 Å². The molecule has 5 rings (SSSR count). The molecule has 134 valence electrons. The van der Waals surface area contributed by atoms with Crippen LogP contribution in [0.4, 0.5) is 0 Å². The van der Waals surface area contributed by atoms with Crippen molar-refractivity contribution in [1.82, 2.24) is 0 Å². The predicted molar refractivity (Wildman–Crippen MR) is 107 cm³/mol. The van der Waals surface area contributed by atoms with Gasteiger partial charge in [0.05, 0.1) is 12.0 Å². The quantitative estimate of drug-likeness (QED) is 0.572. The fraction of sp³-hybridized carbons (Fsp3) is 0.240. The third-order valence-electron chi connectivity index (χ3n) is 5.92. The van der Waals surface area contributed by atoms with E-state index in [-0.39, 0.29) is 11.4 Å². The molecule has 1 aliphatic heterocycles. The lowest BCUT2D eigenvalue weighted by molar-refractivity contribution is 0.0308. The van der Waals surface area contributed by atoms with Crippen molar-refractivity contribution in [2.24, 2.45) is 0 Å². The highest BCUT2D eigenvalue weighted by Gasteiger charge is 2.42. The minimum Gasteiger partial charge on any atom is -0.486 e. The van der Waals surface area contributed by atoms with E-state index in [1.165, 1.54) is 16.7 Å². The van der Waals surface area contributed by atoms with Crippen LogP contribution in [0.15, 0.2) is 66.7 Å². The highest BCUT2D eigenvalue weighted by atomic mass is 16.5. The van der Waals surface area contributed by atoms with E-state index >= 15 is 0 Å². The van der Waals surface area contributed by atoms with Crippen molar-refractivity contribution in [3.8, 4) is 16.9 Å². The van der Waals surface area contributed by atoms with E-state index < -0.39 is 0 Å². The van der Waals surface area contributed by atoms with E-state index in [0.29, 0.717) is 6.42 Å². The van der Waals surface area contributed by atoms with Crippen molar-refractivity contribution >= 4 is 5.78 Å². The van der Waals surface area contributed by atoms with E-state index in [9.17, 15) is 4.79 Å². The standard InChI is InChI=1S/C25H22O2/c1-17-5-4-8-19(13-17)20-9-10-24-22(14-20)23(26)16-25(27-24)12-11-18-6-2-3-7-21(18)15-25/h2-10,13-14H,11-12,15-16H2,1H3. The summed E-state index contributed by atoms with van der Waals surface area (Å²) in [5.41, 5.74) is 6.46. The second-order valence-electron chi connectivity index (χ2n) is 7.91. The Morgan fingerprint density at radius 1 is 0.852 bits per heavy atom. The summed E-state index contributed by atoms with van der Waals surface area (Å²) >= 11 is 0. The van der Waals surface area contributed by atoms with Crippen molar-refractivity contribution in [2.75, 3.05) is 0 Å². The highest BCUT2D eigenvalue weighted by molar-refractivity contribution is 6.01. The zero-order valence-electron chi connectivity index (χ0n) is 15.5. The second kappa shape index (κ2) is 6.09. The lowest BCUT2D eigenvalue weighted by Gasteiger charge is -2.41. The van der Waals surface area contributed by atoms with Gasteiger partial charge in [-0.25, -0.2) is 0 Å². The first-order chi connectivity index (χ1) is 13.1. The topological polar surface area (TPSA) is 26.3 Å². The Bertz CT molecular complexity index is 1050. The molecule has 0 N–H and O–H groups in total. The number of carbonyl (C=O) groups is 1. The Balaban J connectivity index is 1.49. The fourth-order valence-corrected chi connectivity index (χ4v) is 4.51. The number of carbonyl (C=O) groups excluding carboxylic acids is 1. The average molecular weight is 354 g/mol. The molecule has 2 aliphatic rings. The maximum Gasteiger partial charge on any atom is 0.170 e. The Labute approximate surface area is 159 Å². The zero-order valence-corrected chi connectivity index (χ0v) is 15.5. The van der Waals surface area contributed by atoms with Gasteiger partial charge in [0, 0.05) is 6.42 Å². The van der Waals surface area contributed by atoms with E-state index in [0.717, 1.165) is 41.7 Å². The van der Waals surface area contributed by atoms with E-state index in [1.54, 1.807) is 0 Å². The Morgan fingerprint density at radius 2 is 1.67 bits per heavy atom. The summed E-state index contributed by atoms with van der Waals surface area (Å²) in [5.74, 6) is 0.937. The Hall–Kier alpha value is -2.87. The number of hydrogen-bond donors (Lipinski definition) is 0. The van der Waals surface area contributed by atoms with Crippen LogP contribution in [-0.2, 0) is 12.8 Å². The van der Waals surface area contributed by atoms with Gasteiger partial charge in [-0.05, 0) is 54.2 Å². The van der Waals surface area contributed by atoms with Gasteiger partial charge in [-0.3, -0.25) is 4.79 Å². The SMILES string of the molecule is Cc1cccc(-c2ccc3c(c2)C(=O)CC2(CCc4ccccc4C2)O3)c1. The number of ketones is 1. The van der Waals surface area contributed by atoms with Crippen LogP contribution in [-0.4, -0.2) is 11.4 Å². The molecule has 1 aliphatic carbocycles. The largest absolute Gasteiger partial charge is 0.486 e. The molecule has 3 aromatic rings. The molecular formula is C25H22O2. The second-order valence-corrected chi connectivity index (χ2v) is 7.91. The lowest BCUT2D eigenvalue weighted by Crippen LogP contribution is -2.46. The van der Waals surface area contributed by atoms with Crippen molar-refractivity contribution < 1.29 is 9.53 Å². The molecule has 3 aromatic carbocycles. The normalized spacial score (nSPS) is 20.7. The van der Waals surface area contributed by atoms with Gasteiger partial charge in [0.25, 0.3) is 0 Å². The molecule has 0 saturated heterocycles. The zero-order chi connectivity index (χ0) is 18.4. The first kappa shape index (κ1) is 16.3. The molecule has 1 atom stereocenters. The molecule has 1 unspecified atom stereocenters. The fourth-order valence-electron chi connectivity index (χ4n) is 4.51. The summed E-state index contributed by atoms with van der Waals surface area (Å²) in [6.45, 7) is 2.08. The lowest BCUT2D eigenvalue weighted by atomic mass is 9.75. The molecule has 2 heteroatoms. The molecule has 0 amide bonds. The van der Waals surface area contributed by atoms with Gasteiger partial charge in [0.2, 0.25) is 0 Å². The Kier molecular flexibility index (Phi) is 3.68. The number of ether oxygens (including phenoxy) is 1. The van der Waals surface area contributed by atoms with Gasteiger partial charge < -0.3 is 4.74 Å². The maximum atomic E-state index is 13.0. The van der Waals surface area contributed by atoms with Gasteiger partial charge in [0.15, 0.2) is 5.78 Å². The third kappa shape index (κ3) is 2.86. The molecule has 27 heavy (non-hydrogen) atoms. The van der Waals surface area contributed by atoms with Crippen LogP contribution in [0.25, 0.3) is 11.1 Å². The monoisotopic (exact) mass is 354 g/mol. The molecule has 1 spiro atoms. The van der Waals surface area contributed by atoms with Gasteiger partial charge in [-0.15, -0.1) is 0 Å². The van der Waals surface area contributed by atoms with Crippen molar-refractivity contribution in [3.63, 3.8) is 0 Å². The van der Waals surface area contributed by atoms with Gasteiger partial charge in [-0.2, -0.15) is 0 Å². The van der Waals surface area contributed by atoms with E-state index in [1.807, 2.05) is 12.1 Å². The number of Topliss-reactive ketones (excluding diaryl/α,β-unsaturated/α-hetero) is 1. The summed E-state index contributed by atoms with van der Waals surface area (Å²) in [4.78, 5) is 13.0. The first-order valence-electron chi connectivity index (χ1n) is 9.62. The third-order valence-corrected chi connectivity index (χ3v) is 5.92. The van der Waals surface area contributed by atoms with Crippen molar-refractivity contribution in [1.29, 1.82) is 0 Å². The minimum absolute atomic E-state index is 0.199. The smallest absolute Gasteiger partial charge is 0.170 e. The van der Waals surface area contributed by atoms with Crippen LogP contribution in [0.2, 0.25) is 0 Å². The number of rotatable bonds is 1. The van der Waals surface area contributed by atoms with Crippen LogP contribution in [0.3, 0.4) is 0 Å². The molecule has 2 nitrogen and oxygen atoms in total. The number of benzene rings is 3. The molecule has 0 aromatic heterocycles. The molecule has 0 saturated carbocycles. The van der Waals surface area contributed by atoms with Crippen LogP contribution in [0, 0.1) is 6.92 Å². The van der Waals surface area contributed by atoms with Gasteiger partial charge in [-0.1, -0.05) is 60.2 Å². The van der Waals surface area contributed by atoms with Crippen molar-refractivity contribution in [3.05, 3.63) is 89.0 Å². The molecule has 0 radical (unpaired) electrons. The highest BCUT2D eigenvalue weighted by Crippen LogP contribution is 2.42. The van der Waals surface area contributed by atoms with E-state index in [4.69, 9.17) is 4.74 Å². The molecule has 0 fully saturated rings. The minimum atomic E-state index is -0.386. The van der Waals surface area contributed by atoms with Crippen LogP contribution < -0.4 is 4.74 Å². The number of fused-ring (bicyclic) bond motifs is 2. The van der Waals surface area contributed by atoms with Crippen molar-refractivity contribution in [2.45, 2.75) is 38.2 Å².